The first-order valence-corrected chi connectivity index (χ1v) is 12.2. The lowest BCUT2D eigenvalue weighted by molar-refractivity contribution is -0.142. The number of fused-ring (bicyclic) bond motifs is 1. The van der Waals surface area contributed by atoms with Crippen molar-refractivity contribution < 1.29 is 19.1 Å². The molecular weight excluding hydrogens is 462 g/mol. The van der Waals surface area contributed by atoms with Gasteiger partial charge in [0.2, 0.25) is 6.10 Å². The lowest BCUT2D eigenvalue weighted by atomic mass is 10.1. The summed E-state index contributed by atoms with van der Waals surface area (Å²) in [7, 11) is 0. The Bertz CT molecular complexity index is 1300. The number of nitriles is 1. The predicted octanol–water partition coefficient (Wildman–Crippen LogP) is 3.83. The summed E-state index contributed by atoms with van der Waals surface area (Å²) in [5, 5.41) is 9.40. The van der Waals surface area contributed by atoms with Crippen molar-refractivity contribution in [3.63, 3.8) is 0 Å². The molecule has 2 aliphatic heterocycles. The summed E-state index contributed by atoms with van der Waals surface area (Å²) >= 11 is 1.41. The normalized spacial score (nSPS) is 16.9. The summed E-state index contributed by atoms with van der Waals surface area (Å²) in [6.45, 7) is 1.89. The molecule has 2 heterocycles. The van der Waals surface area contributed by atoms with Gasteiger partial charge in [0.15, 0.2) is 11.5 Å². The maximum atomic E-state index is 13.4. The van der Waals surface area contributed by atoms with Gasteiger partial charge in [-0.25, -0.2) is 0 Å². The molecule has 0 bridgehead atoms. The minimum absolute atomic E-state index is 0.0826. The van der Waals surface area contributed by atoms with Crippen LogP contribution in [-0.4, -0.2) is 60.5 Å². The summed E-state index contributed by atoms with van der Waals surface area (Å²) in [6, 6.07) is 24.3. The molecule has 1 fully saturated rings. The molecule has 5 rings (SSSR count). The van der Waals surface area contributed by atoms with Crippen molar-refractivity contribution >= 4 is 23.6 Å². The molecule has 0 spiro atoms. The third kappa shape index (κ3) is 4.81. The van der Waals surface area contributed by atoms with Gasteiger partial charge in [-0.2, -0.15) is 5.26 Å². The van der Waals surface area contributed by atoms with Gasteiger partial charge in [-0.3, -0.25) is 9.59 Å². The summed E-state index contributed by atoms with van der Waals surface area (Å²) < 4.78 is 11.5. The number of hydrogen-bond acceptors (Lipinski definition) is 6. The van der Waals surface area contributed by atoms with Crippen LogP contribution in [-0.2, 0) is 4.79 Å². The number of ether oxygens (including phenoxy) is 2. The van der Waals surface area contributed by atoms with E-state index >= 15 is 0 Å². The van der Waals surface area contributed by atoms with Crippen molar-refractivity contribution in [1.82, 2.24) is 9.80 Å². The van der Waals surface area contributed by atoms with Crippen molar-refractivity contribution in [2.45, 2.75) is 15.9 Å². The van der Waals surface area contributed by atoms with Crippen LogP contribution in [0.15, 0.2) is 82.6 Å². The van der Waals surface area contributed by atoms with Crippen LogP contribution in [0.4, 0.5) is 0 Å². The second-order valence-corrected chi connectivity index (χ2v) is 9.27. The van der Waals surface area contributed by atoms with E-state index in [1.54, 1.807) is 21.9 Å². The molecule has 0 unspecified atom stereocenters. The van der Waals surface area contributed by atoms with Crippen LogP contribution in [0, 0.1) is 11.3 Å². The minimum Gasteiger partial charge on any atom is -0.485 e. The number of amides is 2. The van der Waals surface area contributed by atoms with E-state index in [0.29, 0.717) is 48.8 Å². The van der Waals surface area contributed by atoms with Crippen LogP contribution >= 0.6 is 11.8 Å². The monoisotopic (exact) mass is 485 g/mol. The summed E-state index contributed by atoms with van der Waals surface area (Å²) in [4.78, 5) is 31.5. The highest BCUT2D eigenvalue weighted by atomic mass is 32.2. The maximum absolute atomic E-state index is 13.4. The van der Waals surface area contributed by atoms with E-state index in [0.717, 1.165) is 9.79 Å². The van der Waals surface area contributed by atoms with Gasteiger partial charge in [-0.15, -0.1) is 0 Å². The van der Waals surface area contributed by atoms with Gasteiger partial charge < -0.3 is 19.3 Å². The molecule has 1 saturated heterocycles. The highest BCUT2D eigenvalue weighted by Gasteiger charge is 2.33. The average molecular weight is 486 g/mol. The number of rotatable bonds is 4. The van der Waals surface area contributed by atoms with Gasteiger partial charge in [0.05, 0.1) is 11.1 Å². The van der Waals surface area contributed by atoms with Gasteiger partial charge in [0.25, 0.3) is 11.8 Å². The first kappa shape index (κ1) is 22.8. The SMILES string of the molecule is N#Cc1ccccc1Sc1ccccc1C(=O)N1CCN(C(=O)[C@H]2COc3ccccc3O2)CC1. The molecule has 0 N–H and O–H groups in total. The van der Waals surface area contributed by atoms with E-state index in [1.165, 1.54) is 11.8 Å². The van der Waals surface area contributed by atoms with Crippen LogP contribution in [0.5, 0.6) is 11.5 Å². The van der Waals surface area contributed by atoms with Crippen molar-refractivity contribution in [3.05, 3.63) is 83.9 Å². The maximum Gasteiger partial charge on any atom is 0.267 e. The van der Waals surface area contributed by atoms with Crippen molar-refractivity contribution in [1.29, 1.82) is 5.26 Å². The Hall–Kier alpha value is -3.96. The van der Waals surface area contributed by atoms with E-state index in [1.807, 2.05) is 60.7 Å². The molecule has 2 aliphatic rings. The summed E-state index contributed by atoms with van der Waals surface area (Å²) in [6.07, 6.45) is -0.690. The van der Waals surface area contributed by atoms with Gasteiger partial charge in [0, 0.05) is 36.0 Å². The molecule has 7 nitrogen and oxygen atoms in total. The minimum atomic E-state index is -0.690. The Morgan fingerprint density at radius 1 is 0.829 bits per heavy atom. The molecule has 176 valence electrons. The fourth-order valence-corrected chi connectivity index (χ4v) is 5.16. The van der Waals surface area contributed by atoms with Crippen LogP contribution in [0.1, 0.15) is 15.9 Å². The van der Waals surface area contributed by atoms with E-state index in [4.69, 9.17) is 9.47 Å². The van der Waals surface area contributed by atoms with Crippen molar-refractivity contribution in [2.24, 2.45) is 0 Å². The number of para-hydroxylation sites is 2. The van der Waals surface area contributed by atoms with Gasteiger partial charge in [0.1, 0.15) is 12.7 Å². The van der Waals surface area contributed by atoms with E-state index < -0.39 is 6.10 Å². The van der Waals surface area contributed by atoms with Crippen LogP contribution in [0.3, 0.4) is 0 Å². The highest BCUT2D eigenvalue weighted by molar-refractivity contribution is 7.99. The molecule has 0 aliphatic carbocycles. The lowest BCUT2D eigenvalue weighted by Gasteiger charge is -2.37. The zero-order valence-electron chi connectivity index (χ0n) is 18.9. The number of carbonyl (C=O) groups excluding carboxylic acids is 2. The largest absolute Gasteiger partial charge is 0.485 e. The standard InChI is InChI=1S/C27H23N3O4S/c28-17-19-7-1-5-11-24(19)35-25-12-6-2-8-20(25)26(31)29-13-15-30(16-14-29)27(32)23-18-33-21-9-3-4-10-22(21)34-23/h1-12,23H,13-16,18H2/t23-/m1/s1. The Labute approximate surface area is 207 Å². The van der Waals surface area contributed by atoms with Crippen molar-refractivity contribution in [3.8, 4) is 17.6 Å². The zero-order valence-corrected chi connectivity index (χ0v) is 19.7. The lowest BCUT2D eigenvalue weighted by Crippen LogP contribution is -2.55. The topological polar surface area (TPSA) is 82.9 Å². The Morgan fingerprint density at radius 2 is 1.46 bits per heavy atom. The number of benzene rings is 3. The number of hydrogen-bond donors (Lipinski definition) is 0. The number of carbonyl (C=O) groups is 2. The molecule has 3 aromatic rings. The molecule has 35 heavy (non-hydrogen) atoms. The first-order chi connectivity index (χ1) is 17.1. The Morgan fingerprint density at radius 3 is 2.23 bits per heavy atom. The quantitative estimate of drug-likeness (QED) is 0.559. The van der Waals surface area contributed by atoms with Gasteiger partial charge in [-0.05, 0) is 36.4 Å². The van der Waals surface area contributed by atoms with Crippen LogP contribution in [0.2, 0.25) is 0 Å². The molecule has 0 radical (unpaired) electrons. The summed E-state index contributed by atoms with van der Waals surface area (Å²) in [5.74, 6) is 0.996. The van der Waals surface area contributed by atoms with E-state index in [9.17, 15) is 14.9 Å². The first-order valence-electron chi connectivity index (χ1n) is 11.4. The molecule has 1 atom stereocenters. The van der Waals surface area contributed by atoms with Crippen LogP contribution in [0.25, 0.3) is 0 Å². The van der Waals surface area contributed by atoms with Gasteiger partial charge >= 0.3 is 0 Å². The molecule has 2 amide bonds. The average Bonchev–Trinajstić information content (AvgIpc) is 2.92. The van der Waals surface area contributed by atoms with E-state index in [2.05, 4.69) is 6.07 Å². The third-order valence-corrected chi connectivity index (χ3v) is 7.16. The predicted molar refractivity (Wildman–Crippen MR) is 131 cm³/mol. The number of piperazine rings is 1. The fraction of sp³-hybridized carbons (Fsp3) is 0.222. The smallest absolute Gasteiger partial charge is 0.267 e. The Balaban J connectivity index is 1.23. The Kier molecular flexibility index (Phi) is 6.59. The number of nitrogens with zero attached hydrogens (tertiary/aromatic N) is 3. The molecule has 8 heteroatoms. The highest BCUT2D eigenvalue weighted by Crippen LogP contribution is 2.34. The molecule has 0 saturated carbocycles. The van der Waals surface area contributed by atoms with E-state index in [-0.39, 0.29) is 18.4 Å². The van der Waals surface area contributed by atoms with Gasteiger partial charge in [-0.1, -0.05) is 48.2 Å². The fourth-order valence-electron chi connectivity index (χ4n) is 4.14. The molecule has 0 aromatic heterocycles. The molecular formula is C27H23N3O4S. The second kappa shape index (κ2) is 10.1. The third-order valence-electron chi connectivity index (χ3n) is 6.01. The van der Waals surface area contributed by atoms with Crippen LogP contribution < -0.4 is 9.47 Å². The second-order valence-electron chi connectivity index (χ2n) is 8.19. The summed E-state index contributed by atoms with van der Waals surface area (Å²) in [5.41, 5.74) is 1.16. The molecule has 3 aromatic carbocycles. The zero-order chi connectivity index (χ0) is 24.2. The van der Waals surface area contributed by atoms with Crippen molar-refractivity contribution in [2.75, 3.05) is 32.8 Å².